The number of rotatable bonds is 1. The first-order chi connectivity index (χ1) is 6.45. The lowest BCUT2D eigenvalue weighted by Crippen LogP contribution is -2.30. The van der Waals surface area contributed by atoms with Crippen molar-refractivity contribution in [3.63, 3.8) is 0 Å². The SMILES string of the molecule is COC(=O)[C@H]1CC[C@H](C(F)(F)F)CC1. The van der Waals surface area contributed by atoms with Crippen LogP contribution in [-0.4, -0.2) is 19.3 Å². The van der Waals surface area contributed by atoms with Crippen LogP contribution in [0.2, 0.25) is 0 Å². The summed E-state index contributed by atoms with van der Waals surface area (Å²) < 4.78 is 41.2. The van der Waals surface area contributed by atoms with Gasteiger partial charge >= 0.3 is 12.1 Å². The van der Waals surface area contributed by atoms with Gasteiger partial charge in [0.15, 0.2) is 0 Å². The number of carbonyl (C=O) groups is 1. The molecule has 0 aromatic carbocycles. The highest BCUT2D eigenvalue weighted by Crippen LogP contribution is 2.39. The highest BCUT2D eigenvalue weighted by Gasteiger charge is 2.42. The maximum Gasteiger partial charge on any atom is 0.391 e. The Bertz CT molecular complexity index is 205. The molecule has 1 fully saturated rings. The van der Waals surface area contributed by atoms with Gasteiger partial charge in [-0.3, -0.25) is 4.79 Å². The van der Waals surface area contributed by atoms with Gasteiger partial charge in [-0.25, -0.2) is 0 Å². The van der Waals surface area contributed by atoms with Crippen molar-refractivity contribution in [1.82, 2.24) is 0 Å². The number of hydrogen-bond acceptors (Lipinski definition) is 2. The van der Waals surface area contributed by atoms with E-state index in [4.69, 9.17) is 0 Å². The van der Waals surface area contributed by atoms with Crippen LogP contribution in [0.4, 0.5) is 13.2 Å². The predicted octanol–water partition coefficient (Wildman–Crippen LogP) is 2.53. The first-order valence-electron chi connectivity index (χ1n) is 4.59. The molecule has 0 aromatic heterocycles. The summed E-state index contributed by atoms with van der Waals surface area (Å²) in [7, 11) is 1.26. The van der Waals surface area contributed by atoms with Gasteiger partial charge in [-0.1, -0.05) is 0 Å². The third-order valence-electron chi connectivity index (χ3n) is 2.72. The van der Waals surface area contributed by atoms with Crippen LogP contribution in [0, 0.1) is 11.8 Å². The van der Waals surface area contributed by atoms with Crippen LogP contribution in [0.15, 0.2) is 0 Å². The number of methoxy groups -OCH3 is 1. The maximum atomic E-state index is 12.2. The molecule has 0 spiro atoms. The van der Waals surface area contributed by atoms with Crippen LogP contribution in [0.5, 0.6) is 0 Å². The Balaban J connectivity index is 2.43. The van der Waals surface area contributed by atoms with Crippen LogP contribution in [-0.2, 0) is 9.53 Å². The van der Waals surface area contributed by atoms with E-state index in [1.807, 2.05) is 0 Å². The van der Waals surface area contributed by atoms with E-state index in [0.29, 0.717) is 0 Å². The molecule has 0 unspecified atom stereocenters. The molecule has 0 saturated heterocycles. The van der Waals surface area contributed by atoms with E-state index >= 15 is 0 Å². The average Bonchev–Trinajstić information content (AvgIpc) is 2.15. The van der Waals surface area contributed by atoms with Gasteiger partial charge in [0.2, 0.25) is 0 Å². The van der Waals surface area contributed by atoms with E-state index in [2.05, 4.69) is 4.74 Å². The van der Waals surface area contributed by atoms with Crippen molar-refractivity contribution in [3.05, 3.63) is 0 Å². The quantitative estimate of drug-likeness (QED) is 0.621. The van der Waals surface area contributed by atoms with Crippen molar-refractivity contribution in [3.8, 4) is 0 Å². The fourth-order valence-corrected chi connectivity index (χ4v) is 1.82. The molecule has 2 nitrogen and oxygen atoms in total. The summed E-state index contributed by atoms with van der Waals surface area (Å²) in [6, 6.07) is 0. The zero-order chi connectivity index (χ0) is 10.8. The van der Waals surface area contributed by atoms with Crippen molar-refractivity contribution in [2.45, 2.75) is 31.9 Å². The fraction of sp³-hybridized carbons (Fsp3) is 0.889. The van der Waals surface area contributed by atoms with E-state index in [-0.39, 0.29) is 37.6 Å². The summed E-state index contributed by atoms with van der Waals surface area (Å²) in [5, 5.41) is 0. The lowest BCUT2D eigenvalue weighted by Gasteiger charge is -2.28. The van der Waals surface area contributed by atoms with E-state index in [1.54, 1.807) is 0 Å². The zero-order valence-corrected chi connectivity index (χ0v) is 7.93. The van der Waals surface area contributed by atoms with E-state index in [0.717, 1.165) is 0 Å². The van der Waals surface area contributed by atoms with Gasteiger partial charge in [0, 0.05) is 0 Å². The van der Waals surface area contributed by atoms with Crippen LogP contribution in [0.25, 0.3) is 0 Å². The highest BCUT2D eigenvalue weighted by molar-refractivity contribution is 5.72. The fourth-order valence-electron chi connectivity index (χ4n) is 1.82. The Labute approximate surface area is 80.4 Å². The monoisotopic (exact) mass is 210 g/mol. The van der Waals surface area contributed by atoms with E-state index in [1.165, 1.54) is 7.11 Å². The third kappa shape index (κ3) is 2.62. The summed E-state index contributed by atoms with van der Waals surface area (Å²) in [4.78, 5) is 11.0. The molecule has 5 heteroatoms. The molecule has 1 rings (SSSR count). The summed E-state index contributed by atoms with van der Waals surface area (Å²) in [6.45, 7) is 0. The second kappa shape index (κ2) is 4.19. The number of ether oxygens (including phenoxy) is 1. The van der Waals surface area contributed by atoms with Crippen LogP contribution >= 0.6 is 0 Å². The zero-order valence-electron chi connectivity index (χ0n) is 7.93. The van der Waals surface area contributed by atoms with Gasteiger partial charge in [-0.15, -0.1) is 0 Å². The number of halogens is 3. The minimum absolute atomic E-state index is 0.0449. The Hall–Kier alpha value is -0.740. The number of hydrogen-bond donors (Lipinski definition) is 0. The molecule has 0 radical (unpaired) electrons. The molecule has 1 saturated carbocycles. The molecular weight excluding hydrogens is 197 g/mol. The standard InChI is InChI=1S/C9H13F3O2/c1-14-8(13)6-2-4-7(5-3-6)9(10,11)12/h6-7H,2-5H2,1H3/t6-,7-. The minimum atomic E-state index is -4.11. The lowest BCUT2D eigenvalue weighted by molar-refractivity contribution is -0.186. The normalized spacial score (nSPS) is 28.6. The van der Waals surface area contributed by atoms with Crippen LogP contribution in [0.1, 0.15) is 25.7 Å². The number of esters is 1. The minimum Gasteiger partial charge on any atom is -0.469 e. The predicted molar refractivity (Wildman–Crippen MR) is 43.5 cm³/mol. The maximum absolute atomic E-state index is 12.2. The Morgan fingerprint density at radius 3 is 2.07 bits per heavy atom. The number of alkyl halides is 3. The first kappa shape index (κ1) is 11.3. The topological polar surface area (TPSA) is 26.3 Å². The van der Waals surface area contributed by atoms with E-state index < -0.39 is 12.1 Å². The van der Waals surface area contributed by atoms with E-state index in [9.17, 15) is 18.0 Å². The summed E-state index contributed by atoms with van der Waals surface area (Å²) in [5.41, 5.74) is 0. The van der Waals surface area contributed by atoms with Crippen LogP contribution in [0.3, 0.4) is 0 Å². The second-order valence-electron chi connectivity index (χ2n) is 3.61. The molecule has 1 aliphatic rings. The summed E-state index contributed by atoms with van der Waals surface area (Å²) >= 11 is 0. The molecule has 82 valence electrons. The molecular formula is C9H13F3O2. The van der Waals surface area contributed by atoms with Gasteiger partial charge in [-0.2, -0.15) is 13.2 Å². The Morgan fingerprint density at radius 1 is 1.21 bits per heavy atom. The van der Waals surface area contributed by atoms with Crippen molar-refractivity contribution < 1.29 is 22.7 Å². The van der Waals surface area contributed by atoms with Crippen molar-refractivity contribution in [2.75, 3.05) is 7.11 Å². The molecule has 0 amide bonds. The largest absolute Gasteiger partial charge is 0.469 e. The van der Waals surface area contributed by atoms with Crippen LogP contribution < -0.4 is 0 Å². The molecule has 0 atom stereocenters. The molecule has 14 heavy (non-hydrogen) atoms. The molecule has 0 bridgehead atoms. The smallest absolute Gasteiger partial charge is 0.391 e. The van der Waals surface area contributed by atoms with Crippen molar-refractivity contribution >= 4 is 5.97 Å². The molecule has 0 N–H and O–H groups in total. The van der Waals surface area contributed by atoms with Gasteiger partial charge in [0.1, 0.15) is 0 Å². The summed E-state index contributed by atoms with van der Waals surface area (Å²) in [5.74, 6) is -1.95. The lowest BCUT2D eigenvalue weighted by atomic mass is 9.82. The molecule has 0 aromatic rings. The molecule has 0 heterocycles. The Morgan fingerprint density at radius 2 is 1.71 bits per heavy atom. The van der Waals surface area contributed by atoms with Gasteiger partial charge in [0.05, 0.1) is 18.9 Å². The molecule has 1 aliphatic carbocycles. The van der Waals surface area contributed by atoms with Crippen molar-refractivity contribution in [2.24, 2.45) is 11.8 Å². The first-order valence-corrected chi connectivity index (χ1v) is 4.59. The average molecular weight is 210 g/mol. The Kier molecular flexibility index (Phi) is 3.39. The summed E-state index contributed by atoms with van der Waals surface area (Å²) in [6.07, 6.45) is -3.44. The van der Waals surface area contributed by atoms with Gasteiger partial charge in [-0.05, 0) is 25.7 Å². The number of carbonyl (C=O) groups excluding carboxylic acids is 1. The van der Waals surface area contributed by atoms with Gasteiger partial charge < -0.3 is 4.74 Å². The van der Waals surface area contributed by atoms with Gasteiger partial charge in [0.25, 0.3) is 0 Å². The second-order valence-corrected chi connectivity index (χ2v) is 3.61. The third-order valence-corrected chi connectivity index (χ3v) is 2.72. The molecule has 0 aliphatic heterocycles. The highest BCUT2D eigenvalue weighted by atomic mass is 19.4. The van der Waals surface area contributed by atoms with Crippen molar-refractivity contribution in [1.29, 1.82) is 0 Å².